The zero-order valence-corrected chi connectivity index (χ0v) is 11.9. The number of primary amides is 1. The van der Waals surface area contributed by atoms with Crippen molar-refractivity contribution in [2.24, 2.45) is 5.73 Å². The van der Waals surface area contributed by atoms with E-state index in [0.29, 0.717) is 0 Å². The molecule has 0 fully saturated rings. The number of carbonyl (C=O) groups is 2. The van der Waals surface area contributed by atoms with Crippen LogP contribution in [0.4, 0.5) is 13.2 Å². The van der Waals surface area contributed by atoms with Crippen LogP contribution in [-0.2, 0) is 15.7 Å². The van der Waals surface area contributed by atoms with Crippen LogP contribution in [0, 0.1) is 0 Å². The van der Waals surface area contributed by atoms with Crippen molar-refractivity contribution in [1.29, 1.82) is 0 Å². The van der Waals surface area contributed by atoms with Crippen molar-refractivity contribution in [3.8, 4) is 11.3 Å². The van der Waals surface area contributed by atoms with Crippen molar-refractivity contribution >= 4 is 11.9 Å². The van der Waals surface area contributed by atoms with Crippen LogP contribution >= 0.6 is 0 Å². The fourth-order valence-corrected chi connectivity index (χ4v) is 1.73. The monoisotopic (exact) mass is 327 g/mol. The van der Waals surface area contributed by atoms with Gasteiger partial charge in [0, 0.05) is 5.56 Å². The molecule has 1 heterocycles. The van der Waals surface area contributed by atoms with Gasteiger partial charge in [0.2, 0.25) is 5.76 Å². The lowest BCUT2D eigenvalue weighted by atomic mass is 10.1. The number of furan rings is 1. The third kappa shape index (κ3) is 3.91. The van der Waals surface area contributed by atoms with Crippen LogP contribution in [-0.4, -0.2) is 18.0 Å². The van der Waals surface area contributed by atoms with Gasteiger partial charge < -0.3 is 14.9 Å². The minimum atomic E-state index is -4.48. The third-order valence-electron chi connectivity index (χ3n) is 2.97. The average Bonchev–Trinajstić information content (AvgIpc) is 2.96. The number of hydrogen-bond donors (Lipinski definition) is 1. The number of ether oxygens (including phenoxy) is 1. The van der Waals surface area contributed by atoms with E-state index in [4.69, 9.17) is 14.9 Å². The predicted octanol–water partition coefficient (Wildman–Crippen LogP) is 3.00. The molecule has 0 aliphatic heterocycles. The van der Waals surface area contributed by atoms with Gasteiger partial charge >= 0.3 is 12.1 Å². The van der Waals surface area contributed by atoms with Crippen molar-refractivity contribution in [3.63, 3.8) is 0 Å². The number of alkyl halides is 3. The third-order valence-corrected chi connectivity index (χ3v) is 2.97. The van der Waals surface area contributed by atoms with Gasteiger partial charge in [0.25, 0.3) is 5.91 Å². The van der Waals surface area contributed by atoms with E-state index in [2.05, 4.69) is 0 Å². The maximum absolute atomic E-state index is 12.7. The molecule has 0 bridgehead atoms. The fourth-order valence-electron chi connectivity index (χ4n) is 1.73. The maximum Gasteiger partial charge on any atom is 0.416 e. The summed E-state index contributed by atoms with van der Waals surface area (Å²) in [5.74, 6) is -1.95. The molecule has 0 aliphatic carbocycles. The molecule has 0 radical (unpaired) electrons. The normalized spacial score (nSPS) is 12.7. The van der Waals surface area contributed by atoms with Crippen molar-refractivity contribution < 1.29 is 31.9 Å². The molecule has 0 saturated heterocycles. The average molecular weight is 327 g/mol. The molecule has 8 heteroatoms. The van der Waals surface area contributed by atoms with Gasteiger partial charge in [0.05, 0.1) is 5.56 Å². The lowest BCUT2D eigenvalue weighted by Crippen LogP contribution is -2.30. The van der Waals surface area contributed by atoms with E-state index < -0.39 is 29.7 Å². The fraction of sp³-hybridized carbons (Fsp3) is 0.200. The largest absolute Gasteiger partial charge is 0.449 e. The van der Waals surface area contributed by atoms with Gasteiger partial charge in [0.1, 0.15) is 5.76 Å². The number of benzene rings is 1. The van der Waals surface area contributed by atoms with Gasteiger partial charge in [-0.15, -0.1) is 0 Å². The summed E-state index contributed by atoms with van der Waals surface area (Å²) in [6, 6.07) is 7.05. The highest BCUT2D eigenvalue weighted by molar-refractivity contribution is 5.90. The first-order valence-corrected chi connectivity index (χ1v) is 6.46. The number of amides is 1. The van der Waals surface area contributed by atoms with E-state index in [9.17, 15) is 22.8 Å². The van der Waals surface area contributed by atoms with Crippen molar-refractivity contribution in [2.45, 2.75) is 19.2 Å². The van der Waals surface area contributed by atoms with Crippen molar-refractivity contribution in [2.75, 3.05) is 0 Å². The first-order valence-electron chi connectivity index (χ1n) is 6.46. The summed E-state index contributed by atoms with van der Waals surface area (Å²) in [5, 5.41) is 0. The zero-order chi connectivity index (χ0) is 17.2. The molecule has 0 spiro atoms. The molecule has 2 aromatic rings. The quantitative estimate of drug-likeness (QED) is 0.875. The van der Waals surface area contributed by atoms with E-state index in [0.717, 1.165) is 12.1 Å². The summed E-state index contributed by atoms with van der Waals surface area (Å²) in [7, 11) is 0. The van der Waals surface area contributed by atoms with E-state index in [1.807, 2.05) is 0 Å². The lowest BCUT2D eigenvalue weighted by molar-refractivity contribution is -0.137. The Kier molecular flexibility index (Phi) is 4.44. The van der Waals surface area contributed by atoms with E-state index in [1.54, 1.807) is 0 Å². The van der Waals surface area contributed by atoms with Gasteiger partial charge in [-0.05, 0) is 31.2 Å². The van der Waals surface area contributed by atoms with Crippen LogP contribution in [0.5, 0.6) is 0 Å². The van der Waals surface area contributed by atoms with Gasteiger partial charge in [0.15, 0.2) is 6.10 Å². The number of rotatable bonds is 4. The van der Waals surface area contributed by atoms with Gasteiger partial charge in [-0.25, -0.2) is 4.79 Å². The number of hydrogen-bond acceptors (Lipinski definition) is 4. The molecule has 23 heavy (non-hydrogen) atoms. The Morgan fingerprint density at radius 1 is 1.22 bits per heavy atom. The lowest BCUT2D eigenvalue weighted by Gasteiger charge is -2.08. The van der Waals surface area contributed by atoms with Crippen LogP contribution in [0.3, 0.4) is 0 Å². The Balaban J connectivity index is 2.23. The number of esters is 1. The maximum atomic E-state index is 12.7. The Labute approximate surface area is 128 Å². The van der Waals surface area contributed by atoms with Gasteiger partial charge in [-0.1, -0.05) is 12.1 Å². The SMILES string of the molecule is CC(OC(=O)c1ccc(-c2cccc(C(F)(F)F)c2)o1)C(N)=O. The van der Waals surface area contributed by atoms with Crippen molar-refractivity contribution in [1.82, 2.24) is 0 Å². The molecule has 2 N–H and O–H groups in total. The predicted molar refractivity (Wildman–Crippen MR) is 73.2 cm³/mol. The molecule has 5 nitrogen and oxygen atoms in total. The van der Waals surface area contributed by atoms with Gasteiger partial charge in [-0.3, -0.25) is 4.79 Å². The summed E-state index contributed by atoms with van der Waals surface area (Å²) in [4.78, 5) is 22.6. The van der Waals surface area contributed by atoms with Gasteiger partial charge in [-0.2, -0.15) is 13.2 Å². The van der Waals surface area contributed by atoms with Crippen LogP contribution in [0.1, 0.15) is 23.0 Å². The summed E-state index contributed by atoms with van der Waals surface area (Å²) < 4.78 is 48.0. The summed E-state index contributed by atoms with van der Waals surface area (Å²) in [6.45, 7) is 1.29. The van der Waals surface area contributed by atoms with E-state index in [-0.39, 0.29) is 17.1 Å². The molecule has 2 rings (SSSR count). The zero-order valence-electron chi connectivity index (χ0n) is 11.9. The molecule has 122 valence electrons. The molecular formula is C15H12F3NO4. The van der Waals surface area contributed by atoms with E-state index >= 15 is 0 Å². The summed E-state index contributed by atoms with van der Waals surface area (Å²) in [6.07, 6.45) is -5.63. The first-order chi connectivity index (χ1) is 10.7. The second kappa shape index (κ2) is 6.15. The summed E-state index contributed by atoms with van der Waals surface area (Å²) in [5.41, 5.74) is 4.28. The second-order valence-corrected chi connectivity index (χ2v) is 4.69. The van der Waals surface area contributed by atoms with Crippen LogP contribution in [0.2, 0.25) is 0 Å². The van der Waals surface area contributed by atoms with Crippen molar-refractivity contribution in [3.05, 3.63) is 47.7 Å². The highest BCUT2D eigenvalue weighted by Crippen LogP contribution is 2.32. The number of halogens is 3. The first kappa shape index (κ1) is 16.6. The van der Waals surface area contributed by atoms with Crippen LogP contribution in [0.15, 0.2) is 40.8 Å². The highest BCUT2D eigenvalue weighted by atomic mass is 19.4. The molecule has 1 amide bonds. The molecule has 0 saturated carbocycles. The molecule has 1 aromatic carbocycles. The molecule has 1 unspecified atom stereocenters. The molecular weight excluding hydrogens is 315 g/mol. The smallest absolute Gasteiger partial charge is 0.416 e. The standard InChI is InChI=1S/C15H12F3NO4/c1-8(13(19)20)22-14(21)12-6-5-11(23-12)9-3-2-4-10(7-9)15(16,17)18/h2-8H,1H3,(H2,19,20). The highest BCUT2D eigenvalue weighted by Gasteiger charge is 2.30. The van der Waals surface area contributed by atoms with Crippen LogP contribution < -0.4 is 5.73 Å². The topological polar surface area (TPSA) is 82.5 Å². The number of nitrogens with two attached hydrogens (primary N) is 1. The Morgan fingerprint density at radius 3 is 2.52 bits per heavy atom. The van der Waals surface area contributed by atoms with E-state index in [1.165, 1.54) is 31.2 Å². The Bertz CT molecular complexity index is 736. The minimum absolute atomic E-state index is 0.0646. The summed E-state index contributed by atoms with van der Waals surface area (Å²) >= 11 is 0. The molecule has 1 aromatic heterocycles. The molecule has 0 aliphatic rings. The number of carbonyl (C=O) groups excluding carboxylic acids is 2. The Hall–Kier alpha value is -2.77. The minimum Gasteiger partial charge on any atom is -0.449 e. The van der Waals surface area contributed by atoms with Crippen LogP contribution in [0.25, 0.3) is 11.3 Å². The molecule has 1 atom stereocenters. The Morgan fingerprint density at radius 2 is 1.91 bits per heavy atom. The second-order valence-electron chi connectivity index (χ2n) is 4.69.